The quantitative estimate of drug-likeness (QED) is 0.298. The van der Waals surface area contributed by atoms with Gasteiger partial charge in [0.2, 0.25) is 0 Å². The molecule has 0 spiro atoms. The smallest absolute Gasteiger partial charge is 0.144 e. The number of rotatable bonds is 10. The summed E-state index contributed by atoms with van der Waals surface area (Å²) < 4.78 is 34.2. The molecule has 0 aliphatic heterocycles. The minimum atomic E-state index is -0.851. The molecule has 7 heteroatoms. The molecule has 0 fully saturated rings. The van der Waals surface area contributed by atoms with Gasteiger partial charge in [0.1, 0.15) is 28.8 Å². The van der Waals surface area contributed by atoms with E-state index < -0.39 is 17.6 Å². The Morgan fingerprint density at radius 1 is 1.00 bits per heavy atom. The Balaban J connectivity index is 1.48. The lowest BCUT2D eigenvalue weighted by atomic mass is 9.87. The number of halogens is 2. The molecule has 2 aromatic heterocycles. The van der Waals surface area contributed by atoms with Crippen LogP contribution in [0.25, 0.3) is 11.0 Å². The van der Waals surface area contributed by atoms with Crippen molar-refractivity contribution in [2.45, 2.75) is 39.0 Å². The summed E-state index contributed by atoms with van der Waals surface area (Å²) in [5.41, 5.74) is 3.61. The van der Waals surface area contributed by atoms with Gasteiger partial charge in [0.15, 0.2) is 0 Å². The van der Waals surface area contributed by atoms with Crippen molar-refractivity contribution in [1.82, 2.24) is 9.78 Å². The zero-order valence-corrected chi connectivity index (χ0v) is 19.2. The third-order valence-electron chi connectivity index (χ3n) is 6.12. The second kappa shape index (κ2) is 10.1. The zero-order valence-electron chi connectivity index (χ0n) is 19.2. The minimum absolute atomic E-state index is 0.00320. The van der Waals surface area contributed by atoms with Gasteiger partial charge in [-0.05, 0) is 61.2 Å². The first-order valence-corrected chi connectivity index (χ1v) is 11.2. The molecule has 0 saturated heterocycles. The summed E-state index contributed by atoms with van der Waals surface area (Å²) in [6.07, 6.45) is 2.67. The molecule has 0 aliphatic rings. The average molecular weight is 465 g/mol. The van der Waals surface area contributed by atoms with Crippen LogP contribution in [0.15, 0.2) is 59.2 Å². The van der Waals surface area contributed by atoms with Crippen LogP contribution in [-0.2, 0) is 35.9 Å². The highest BCUT2D eigenvalue weighted by Gasteiger charge is 2.27. The zero-order chi connectivity index (χ0) is 24.2. The lowest BCUT2D eigenvalue weighted by Crippen LogP contribution is -2.28. The molecule has 1 atom stereocenters. The summed E-state index contributed by atoms with van der Waals surface area (Å²) in [5, 5.41) is 5.28. The Hall–Kier alpha value is -3.61. The van der Waals surface area contributed by atoms with Gasteiger partial charge >= 0.3 is 0 Å². The van der Waals surface area contributed by atoms with E-state index in [-0.39, 0.29) is 42.8 Å². The van der Waals surface area contributed by atoms with Crippen molar-refractivity contribution in [3.05, 3.63) is 88.9 Å². The molecule has 1 unspecified atom stereocenters. The normalized spacial score (nSPS) is 12.2. The molecular formula is C27H26F2N2O3. The maximum Gasteiger partial charge on any atom is 0.144 e. The summed E-state index contributed by atoms with van der Waals surface area (Å²) in [6, 6.07) is 12.8. The van der Waals surface area contributed by atoms with E-state index in [1.54, 1.807) is 18.0 Å². The lowest BCUT2D eigenvalue weighted by molar-refractivity contribution is -0.132. The molecule has 4 rings (SSSR count). The van der Waals surface area contributed by atoms with Crippen LogP contribution in [0.5, 0.6) is 0 Å². The standard InChI is InChI=1S/C27H26F2N2O3/c1-17-13-22(31(2)30-17)16-23(26(33)9-6-19-5-7-21(28)15-24(19)29)25(32)8-3-18-4-10-27-20(14-18)11-12-34-27/h4-5,7,10-15,23H,3,6,8-9,16H2,1-2H3. The maximum absolute atomic E-state index is 14.0. The molecule has 0 bridgehead atoms. The predicted molar refractivity (Wildman–Crippen MR) is 124 cm³/mol. The highest BCUT2D eigenvalue weighted by molar-refractivity contribution is 6.02. The second-order valence-electron chi connectivity index (χ2n) is 8.62. The van der Waals surface area contributed by atoms with Crippen molar-refractivity contribution in [2.75, 3.05) is 0 Å². The third-order valence-corrected chi connectivity index (χ3v) is 6.12. The first-order valence-electron chi connectivity index (χ1n) is 11.2. The molecule has 34 heavy (non-hydrogen) atoms. The van der Waals surface area contributed by atoms with Crippen molar-refractivity contribution in [1.29, 1.82) is 0 Å². The van der Waals surface area contributed by atoms with Gasteiger partial charge in [0.25, 0.3) is 0 Å². The summed E-state index contributed by atoms with van der Waals surface area (Å²) in [4.78, 5) is 26.4. The van der Waals surface area contributed by atoms with E-state index >= 15 is 0 Å². The van der Waals surface area contributed by atoms with Gasteiger partial charge in [0.05, 0.1) is 17.9 Å². The fourth-order valence-corrected chi connectivity index (χ4v) is 4.24. The van der Waals surface area contributed by atoms with Crippen molar-refractivity contribution in [3.8, 4) is 0 Å². The number of benzene rings is 2. The van der Waals surface area contributed by atoms with Gasteiger partial charge in [-0.15, -0.1) is 0 Å². The van der Waals surface area contributed by atoms with E-state index in [0.717, 1.165) is 34.0 Å². The Labute approximate surface area is 196 Å². The number of furan rings is 1. The molecular weight excluding hydrogens is 438 g/mol. The van der Waals surface area contributed by atoms with Crippen LogP contribution >= 0.6 is 0 Å². The fraction of sp³-hybridized carbons (Fsp3) is 0.296. The molecule has 0 radical (unpaired) electrons. The molecule has 4 aromatic rings. The number of carbonyl (C=O) groups excluding carboxylic acids is 2. The number of ketones is 2. The third kappa shape index (κ3) is 5.47. The van der Waals surface area contributed by atoms with E-state index in [0.29, 0.717) is 6.42 Å². The monoisotopic (exact) mass is 464 g/mol. The highest BCUT2D eigenvalue weighted by atomic mass is 19.1. The average Bonchev–Trinajstić information content (AvgIpc) is 3.39. The molecule has 2 heterocycles. The molecule has 176 valence electrons. The van der Waals surface area contributed by atoms with Crippen LogP contribution in [0.3, 0.4) is 0 Å². The second-order valence-corrected chi connectivity index (χ2v) is 8.62. The number of Topliss-reactive ketones (excluding diaryl/α,β-unsaturated/α-hetero) is 2. The SMILES string of the molecule is Cc1cc(CC(C(=O)CCc2ccc3occc3c2)C(=O)CCc2ccc(F)cc2F)n(C)n1. The van der Waals surface area contributed by atoms with Crippen LogP contribution in [0.1, 0.15) is 35.4 Å². The number of aryl methyl sites for hydroxylation is 4. The summed E-state index contributed by atoms with van der Waals surface area (Å²) in [7, 11) is 1.78. The number of carbonyl (C=O) groups is 2. The topological polar surface area (TPSA) is 65.1 Å². The van der Waals surface area contributed by atoms with Crippen molar-refractivity contribution in [2.24, 2.45) is 13.0 Å². The Morgan fingerprint density at radius 3 is 2.47 bits per heavy atom. The van der Waals surface area contributed by atoms with E-state index in [2.05, 4.69) is 5.10 Å². The molecule has 5 nitrogen and oxygen atoms in total. The number of fused-ring (bicyclic) bond motifs is 1. The Bertz CT molecular complexity index is 1340. The van der Waals surface area contributed by atoms with Crippen LogP contribution in [0.4, 0.5) is 8.78 Å². The van der Waals surface area contributed by atoms with Crippen LogP contribution < -0.4 is 0 Å². The van der Waals surface area contributed by atoms with Gasteiger partial charge in [-0.3, -0.25) is 14.3 Å². The van der Waals surface area contributed by atoms with E-state index in [9.17, 15) is 18.4 Å². The first-order chi connectivity index (χ1) is 16.3. The number of hydrogen-bond acceptors (Lipinski definition) is 4. The van der Waals surface area contributed by atoms with E-state index in [1.807, 2.05) is 37.3 Å². The number of aromatic nitrogens is 2. The van der Waals surface area contributed by atoms with Crippen LogP contribution in [0.2, 0.25) is 0 Å². The van der Waals surface area contributed by atoms with Gasteiger partial charge in [0, 0.05) is 43.5 Å². The predicted octanol–water partition coefficient (Wildman–Crippen LogP) is 5.32. The lowest BCUT2D eigenvalue weighted by Gasteiger charge is -2.15. The first kappa shape index (κ1) is 23.5. The van der Waals surface area contributed by atoms with Crippen LogP contribution in [-0.4, -0.2) is 21.3 Å². The largest absolute Gasteiger partial charge is 0.464 e. The van der Waals surface area contributed by atoms with Gasteiger partial charge < -0.3 is 4.42 Å². The Morgan fingerprint density at radius 2 is 1.76 bits per heavy atom. The van der Waals surface area contributed by atoms with Crippen molar-refractivity contribution >= 4 is 22.5 Å². The number of hydrogen-bond donors (Lipinski definition) is 0. The van der Waals surface area contributed by atoms with Gasteiger partial charge in [-0.2, -0.15) is 5.10 Å². The Kier molecular flexibility index (Phi) is 7.01. The molecule has 0 amide bonds. The summed E-state index contributed by atoms with van der Waals surface area (Å²) in [5.74, 6) is -2.61. The van der Waals surface area contributed by atoms with Crippen molar-refractivity contribution in [3.63, 3.8) is 0 Å². The van der Waals surface area contributed by atoms with Crippen molar-refractivity contribution < 1.29 is 22.8 Å². The molecule has 2 aromatic carbocycles. The highest BCUT2D eigenvalue weighted by Crippen LogP contribution is 2.21. The van der Waals surface area contributed by atoms with Gasteiger partial charge in [-0.25, -0.2) is 8.78 Å². The number of nitrogens with zero attached hydrogens (tertiary/aromatic N) is 2. The summed E-state index contributed by atoms with van der Waals surface area (Å²) in [6.45, 7) is 1.85. The van der Waals surface area contributed by atoms with E-state index in [1.165, 1.54) is 12.1 Å². The van der Waals surface area contributed by atoms with Gasteiger partial charge in [-0.1, -0.05) is 12.1 Å². The molecule has 0 N–H and O–H groups in total. The molecule has 0 aliphatic carbocycles. The molecule has 0 saturated carbocycles. The fourth-order valence-electron chi connectivity index (χ4n) is 4.24. The van der Waals surface area contributed by atoms with E-state index in [4.69, 9.17) is 4.42 Å². The van der Waals surface area contributed by atoms with Crippen LogP contribution in [0, 0.1) is 24.5 Å². The maximum atomic E-state index is 14.0. The summed E-state index contributed by atoms with van der Waals surface area (Å²) >= 11 is 0. The minimum Gasteiger partial charge on any atom is -0.464 e.